The van der Waals surface area contributed by atoms with Gasteiger partial charge in [-0.2, -0.15) is 0 Å². The van der Waals surface area contributed by atoms with E-state index in [2.05, 4.69) is 10.1 Å². The predicted molar refractivity (Wildman–Crippen MR) is 77.5 cm³/mol. The first-order valence-corrected chi connectivity index (χ1v) is 6.60. The van der Waals surface area contributed by atoms with Crippen molar-refractivity contribution in [1.82, 2.24) is 5.32 Å². The fourth-order valence-corrected chi connectivity index (χ4v) is 1.90. The Kier molecular flexibility index (Phi) is 6.10. The zero-order valence-corrected chi connectivity index (χ0v) is 12.6. The molecule has 7 heteroatoms. The van der Waals surface area contributed by atoms with Crippen molar-refractivity contribution < 1.29 is 19.2 Å². The van der Waals surface area contributed by atoms with E-state index in [0.29, 0.717) is 23.4 Å². The molecule has 0 bridgehead atoms. The second kappa shape index (κ2) is 7.58. The van der Waals surface area contributed by atoms with Crippen molar-refractivity contribution in [2.75, 3.05) is 20.3 Å². The number of benzene rings is 1. The highest BCUT2D eigenvalue weighted by molar-refractivity contribution is 5.75. The lowest BCUT2D eigenvalue weighted by Gasteiger charge is -2.17. The van der Waals surface area contributed by atoms with Gasteiger partial charge in [0.2, 0.25) is 0 Å². The Morgan fingerprint density at radius 2 is 2.05 bits per heavy atom. The van der Waals surface area contributed by atoms with Gasteiger partial charge in [-0.25, -0.2) is 0 Å². The molecule has 116 valence electrons. The van der Waals surface area contributed by atoms with Gasteiger partial charge in [-0.15, -0.1) is 0 Å². The number of methoxy groups -OCH3 is 1. The van der Waals surface area contributed by atoms with Crippen LogP contribution in [0.25, 0.3) is 0 Å². The van der Waals surface area contributed by atoms with E-state index in [0.717, 1.165) is 0 Å². The summed E-state index contributed by atoms with van der Waals surface area (Å²) in [6, 6.07) is 2.49. The number of carbonyl (C=O) groups excluding carboxylic acids is 1. The fourth-order valence-electron chi connectivity index (χ4n) is 1.90. The Morgan fingerprint density at radius 1 is 1.38 bits per heavy atom. The van der Waals surface area contributed by atoms with E-state index in [1.807, 2.05) is 6.92 Å². The molecule has 0 heterocycles. The Morgan fingerprint density at radius 3 is 2.57 bits per heavy atom. The summed E-state index contributed by atoms with van der Waals surface area (Å²) < 4.78 is 10.3. The molecule has 0 aliphatic rings. The Hall–Kier alpha value is -2.15. The number of ether oxygens (including phenoxy) is 2. The van der Waals surface area contributed by atoms with Crippen molar-refractivity contribution in [1.29, 1.82) is 0 Å². The number of hydrogen-bond acceptors (Lipinski definition) is 6. The number of likely N-dealkylation sites (N-methyl/N-ethyl adjacent to an activating group) is 1. The third kappa shape index (κ3) is 4.42. The number of carbonyl (C=O) groups is 1. The van der Waals surface area contributed by atoms with Crippen molar-refractivity contribution >= 4 is 11.7 Å². The molecule has 0 aliphatic heterocycles. The first-order valence-electron chi connectivity index (χ1n) is 6.60. The molecule has 1 rings (SSSR count). The van der Waals surface area contributed by atoms with Crippen LogP contribution < -0.4 is 10.1 Å². The molecule has 0 aliphatic carbocycles. The second-order valence-corrected chi connectivity index (χ2v) is 4.61. The van der Waals surface area contributed by atoms with Crippen LogP contribution in [0.15, 0.2) is 12.1 Å². The van der Waals surface area contributed by atoms with Gasteiger partial charge in [0.1, 0.15) is 18.4 Å². The summed E-state index contributed by atoms with van der Waals surface area (Å²) in [6.07, 6.45) is 0. The maximum Gasteiger partial charge on any atom is 0.326 e. The smallest absolute Gasteiger partial charge is 0.326 e. The lowest BCUT2D eigenvalue weighted by molar-refractivity contribution is -0.385. The summed E-state index contributed by atoms with van der Waals surface area (Å²) in [5, 5.41) is 13.8. The molecule has 1 unspecified atom stereocenters. The zero-order chi connectivity index (χ0) is 16.0. The van der Waals surface area contributed by atoms with E-state index < -0.39 is 16.9 Å². The second-order valence-electron chi connectivity index (χ2n) is 4.61. The lowest BCUT2D eigenvalue weighted by Crippen LogP contribution is -2.42. The molecule has 0 saturated heterocycles. The molecule has 0 spiro atoms. The lowest BCUT2D eigenvalue weighted by atomic mass is 10.1. The minimum absolute atomic E-state index is 0.0519. The van der Waals surface area contributed by atoms with Crippen LogP contribution in [0.2, 0.25) is 0 Å². The number of esters is 1. The SMILES string of the molecule is CCNC(COc1cc(C)c([N+](=O)[O-])cc1C)C(=O)OC. The first-order chi connectivity index (χ1) is 9.90. The average Bonchev–Trinajstić information content (AvgIpc) is 2.45. The molecular weight excluding hydrogens is 276 g/mol. The largest absolute Gasteiger partial charge is 0.491 e. The van der Waals surface area contributed by atoms with Gasteiger partial charge in [-0.1, -0.05) is 6.92 Å². The van der Waals surface area contributed by atoms with Gasteiger partial charge in [-0.05, 0) is 32.0 Å². The van der Waals surface area contributed by atoms with Crippen molar-refractivity contribution in [3.8, 4) is 5.75 Å². The highest BCUT2D eigenvalue weighted by Gasteiger charge is 2.20. The van der Waals surface area contributed by atoms with E-state index in [9.17, 15) is 14.9 Å². The molecule has 0 saturated carbocycles. The van der Waals surface area contributed by atoms with Crippen LogP contribution in [0.5, 0.6) is 5.75 Å². The number of hydrogen-bond donors (Lipinski definition) is 1. The summed E-state index contributed by atoms with van der Waals surface area (Å²) in [7, 11) is 1.31. The number of nitrogens with one attached hydrogen (secondary N) is 1. The van der Waals surface area contributed by atoms with E-state index in [4.69, 9.17) is 4.74 Å². The van der Waals surface area contributed by atoms with Crippen molar-refractivity contribution in [2.24, 2.45) is 0 Å². The molecule has 0 fully saturated rings. The molecule has 0 amide bonds. The predicted octanol–water partition coefficient (Wildman–Crippen LogP) is 1.74. The normalized spacial score (nSPS) is 11.8. The van der Waals surface area contributed by atoms with Crippen molar-refractivity contribution in [3.05, 3.63) is 33.4 Å². The van der Waals surface area contributed by atoms with Crippen LogP contribution in [0, 0.1) is 24.0 Å². The molecule has 0 aromatic heterocycles. The third-order valence-electron chi connectivity index (χ3n) is 3.03. The highest BCUT2D eigenvalue weighted by Crippen LogP contribution is 2.27. The Labute approximate surface area is 123 Å². The van der Waals surface area contributed by atoms with Gasteiger partial charge < -0.3 is 14.8 Å². The Balaban J connectivity index is 2.85. The maximum absolute atomic E-state index is 11.6. The van der Waals surface area contributed by atoms with Crippen molar-refractivity contribution in [2.45, 2.75) is 26.8 Å². The monoisotopic (exact) mass is 296 g/mol. The Bertz CT molecular complexity index is 530. The number of nitro groups is 1. The molecule has 7 nitrogen and oxygen atoms in total. The van der Waals surface area contributed by atoms with Crippen LogP contribution in [-0.2, 0) is 9.53 Å². The number of rotatable bonds is 7. The van der Waals surface area contributed by atoms with E-state index in [-0.39, 0.29) is 12.3 Å². The van der Waals surface area contributed by atoms with E-state index in [1.54, 1.807) is 19.9 Å². The van der Waals surface area contributed by atoms with Crippen LogP contribution in [0.1, 0.15) is 18.1 Å². The van der Waals surface area contributed by atoms with Crippen LogP contribution in [0.4, 0.5) is 5.69 Å². The maximum atomic E-state index is 11.6. The van der Waals surface area contributed by atoms with Gasteiger partial charge in [0.25, 0.3) is 5.69 Å². The van der Waals surface area contributed by atoms with Gasteiger partial charge in [0.05, 0.1) is 12.0 Å². The molecular formula is C14H20N2O5. The summed E-state index contributed by atoms with van der Waals surface area (Å²) in [4.78, 5) is 22.0. The van der Waals surface area contributed by atoms with Gasteiger partial charge in [-0.3, -0.25) is 14.9 Å². The average molecular weight is 296 g/mol. The van der Waals surface area contributed by atoms with Crippen LogP contribution in [-0.4, -0.2) is 37.2 Å². The van der Waals surface area contributed by atoms with Gasteiger partial charge in [0.15, 0.2) is 0 Å². The summed E-state index contributed by atoms with van der Waals surface area (Å²) in [5.74, 6) is 0.109. The summed E-state index contributed by atoms with van der Waals surface area (Å²) in [5.41, 5.74) is 1.21. The molecule has 21 heavy (non-hydrogen) atoms. The zero-order valence-electron chi connectivity index (χ0n) is 12.6. The molecule has 0 radical (unpaired) electrons. The van der Waals surface area contributed by atoms with Crippen LogP contribution in [0.3, 0.4) is 0 Å². The van der Waals surface area contributed by atoms with Gasteiger partial charge >= 0.3 is 5.97 Å². The van der Waals surface area contributed by atoms with Gasteiger partial charge in [0, 0.05) is 11.6 Å². The van der Waals surface area contributed by atoms with Crippen molar-refractivity contribution in [3.63, 3.8) is 0 Å². The molecule has 1 aromatic carbocycles. The van der Waals surface area contributed by atoms with E-state index in [1.165, 1.54) is 13.2 Å². The first kappa shape index (κ1) is 16.9. The third-order valence-corrected chi connectivity index (χ3v) is 3.03. The summed E-state index contributed by atoms with van der Waals surface area (Å²) >= 11 is 0. The molecule has 1 aromatic rings. The quantitative estimate of drug-likeness (QED) is 0.468. The number of aryl methyl sites for hydroxylation is 2. The molecule has 1 N–H and O–H groups in total. The number of nitrogens with zero attached hydrogens (tertiary/aromatic N) is 1. The minimum Gasteiger partial charge on any atom is -0.491 e. The fraction of sp³-hybridized carbons (Fsp3) is 0.500. The molecule has 1 atom stereocenters. The number of nitro benzene ring substituents is 1. The standard InChI is InChI=1S/C14H20N2O5/c1-5-15-11(14(17)20-4)8-21-13-7-9(2)12(16(18)19)6-10(13)3/h6-7,11,15H,5,8H2,1-4H3. The minimum atomic E-state index is -0.574. The highest BCUT2D eigenvalue weighted by atomic mass is 16.6. The summed E-state index contributed by atoms with van der Waals surface area (Å²) in [6.45, 7) is 5.94. The van der Waals surface area contributed by atoms with E-state index >= 15 is 0 Å². The van der Waals surface area contributed by atoms with Crippen LogP contribution >= 0.6 is 0 Å². The topological polar surface area (TPSA) is 90.7 Å².